The maximum Gasteiger partial charge on any atom is 0.233 e. The monoisotopic (exact) mass is 339 g/mol. The fourth-order valence-electron chi connectivity index (χ4n) is 3.52. The van der Waals surface area contributed by atoms with E-state index >= 15 is 0 Å². The minimum Gasteiger partial charge on any atom is -0.381 e. The summed E-state index contributed by atoms with van der Waals surface area (Å²) in [6.07, 6.45) is 3.06. The summed E-state index contributed by atoms with van der Waals surface area (Å²) in [5, 5.41) is 12.7. The third-order valence-corrected chi connectivity index (χ3v) is 5.46. The molecule has 2 saturated heterocycles. The summed E-state index contributed by atoms with van der Waals surface area (Å²) in [4.78, 5) is 14.5. The van der Waals surface area contributed by atoms with E-state index in [-0.39, 0.29) is 11.9 Å². The molecule has 1 aromatic rings. The second kappa shape index (κ2) is 7.61. The average Bonchev–Trinajstić information content (AvgIpc) is 3.01. The topological polar surface area (TPSA) is 73.1 Å². The van der Waals surface area contributed by atoms with E-state index in [1.165, 1.54) is 18.2 Å². The fraction of sp³-hybridized carbons (Fsp3) is 0.867. The zero-order chi connectivity index (χ0) is 16.2. The van der Waals surface area contributed by atoms with Crippen molar-refractivity contribution in [1.82, 2.24) is 25.1 Å². The fourth-order valence-corrected chi connectivity index (χ4v) is 4.37. The number of nitrogens with zero attached hydrogens (tertiary/aromatic N) is 5. The van der Waals surface area contributed by atoms with E-state index in [1.807, 2.05) is 9.58 Å². The van der Waals surface area contributed by atoms with Gasteiger partial charge in [0.15, 0.2) is 0 Å². The largest absolute Gasteiger partial charge is 0.381 e. The van der Waals surface area contributed by atoms with E-state index in [0.29, 0.717) is 17.6 Å². The van der Waals surface area contributed by atoms with E-state index in [9.17, 15) is 4.79 Å². The first-order valence-corrected chi connectivity index (χ1v) is 9.38. The van der Waals surface area contributed by atoms with Crippen LogP contribution in [0.3, 0.4) is 0 Å². The molecule has 23 heavy (non-hydrogen) atoms. The Balaban J connectivity index is 1.56. The first-order chi connectivity index (χ1) is 11.1. The first-order valence-electron chi connectivity index (χ1n) is 8.39. The van der Waals surface area contributed by atoms with Crippen LogP contribution < -0.4 is 0 Å². The van der Waals surface area contributed by atoms with Crippen molar-refractivity contribution in [2.24, 2.45) is 11.8 Å². The Morgan fingerprint density at radius 3 is 2.65 bits per heavy atom. The molecule has 1 aromatic heterocycles. The molecule has 0 spiro atoms. The van der Waals surface area contributed by atoms with Crippen LogP contribution in [0.5, 0.6) is 0 Å². The van der Waals surface area contributed by atoms with Gasteiger partial charge in [-0.3, -0.25) is 4.79 Å². The van der Waals surface area contributed by atoms with Gasteiger partial charge in [-0.25, -0.2) is 4.68 Å². The number of ether oxygens (including phenoxy) is 1. The quantitative estimate of drug-likeness (QED) is 0.776. The van der Waals surface area contributed by atoms with Crippen LogP contribution in [-0.2, 0) is 9.53 Å². The molecule has 0 radical (unpaired) electrons. The zero-order valence-corrected chi connectivity index (χ0v) is 14.7. The number of piperidine rings is 1. The van der Waals surface area contributed by atoms with Crippen LogP contribution in [0, 0.1) is 11.8 Å². The minimum absolute atomic E-state index is 0.190. The van der Waals surface area contributed by atoms with Crippen molar-refractivity contribution in [3.05, 3.63) is 0 Å². The Morgan fingerprint density at radius 1 is 1.26 bits per heavy atom. The van der Waals surface area contributed by atoms with Crippen LogP contribution >= 0.6 is 11.8 Å². The van der Waals surface area contributed by atoms with E-state index < -0.39 is 0 Å². The molecule has 128 valence electrons. The maximum atomic E-state index is 12.5. The molecule has 0 bridgehead atoms. The van der Waals surface area contributed by atoms with Crippen molar-refractivity contribution in [2.45, 2.75) is 44.3 Å². The summed E-state index contributed by atoms with van der Waals surface area (Å²) in [6, 6.07) is 0.284. The van der Waals surface area contributed by atoms with Gasteiger partial charge < -0.3 is 9.64 Å². The molecule has 8 heteroatoms. The minimum atomic E-state index is 0.190. The Hall–Kier alpha value is -1.15. The van der Waals surface area contributed by atoms with Crippen molar-refractivity contribution in [3.8, 4) is 0 Å². The smallest absolute Gasteiger partial charge is 0.233 e. The summed E-state index contributed by atoms with van der Waals surface area (Å²) in [7, 11) is 0. The van der Waals surface area contributed by atoms with Crippen LogP contribution in [0.1, 0.15) is 39.2 Å². The van der Waals surface area contributed by atoms with Gasteiger partial charge in [-0.15, -0.1) is 5.10 Å². The molecule has 3 rings (SSSR count). The molecule has 0 N–H and O–H groups in total. The number of hydrogen-bond acceptors (Lipinski definition) is 6. The van der Waals surface area contributed by atoms with Gasteiger partial charge in [0.25, 0.3) is 0 Å². The van der Waals surface area contributed by atoms with Gasteiger partial charge in [0.2, 0.25) is 11.1 Å². The Labute approximate surface area is 141 Å². The number of carbonyl (C=O) groups excluding carboxylic acids is 1. The molecule has 2 aliphatic heterocycles. The number of amides is 1. The molecule has 7 nitrogen and oxygen atoms in total. The number of rotatable bonds is 4. The maximum absolute atomic E-state index is 12.5. The highest BCUT2D eigenvalue weighted by Crippen LogP contribution is 2.26. The zero-order valence-electron chi connectivity index (χ0n) is 13.8. The molecule has 0 aromatic carbocycles. The first kappa shape index (κ1) is 16.7. The van der Waals surface area contributed by atoms with Crippen molar-refractivity contribution in [3.63, 3.8) is 0 Å². The summed E-state index contributed by atoms with van der Waals surface area (Å²) < 4.78 is 7.25. The van der Waals surface area contributed by atoms with E-state index in [2.05, 4.69) is 29.4 Å². The highest BCUT2D eigenvalue weighted by atomic mass is 32.2. The number of likely N-dealkylation sites (tertiary alicyclic amines) is 1. The van der Waals surface area contributed by atoms with Crippen LogP contribution in [0.25, 0.3) is 0 Å². The van der Waals surface area contributed by atoms with Gasteiger partial charge in [-0.1, -0.05) is 25.6 Å². The normalized spacial score (nSPS) is 26.4. The number of tetrazole rings is 1. The summed E-state index contributed by atoms with van der Waals surface area (Å²) in [6.45, 7) is 7.67. The predicted molar refractivity (Wildman–Crippen MR) is 87.2 cm³/mol. The van der Waals surface area contributed by atoms with Crippen LogP contribution in [0.2, 0.25) is 0 Å². The van der Waals surface area contributed by atoms with Crippen LogP contribution in [0.15, 0.2) is 5.16 Å². The lowest BCUT2D eigenvalue weighted by atomic mass is 9.92. The highest BCUT2D eigenvalue weighted by Gasteiger charge is 2.26. The Morgan fingerprint density at radius 2 is 1.96 bits per heavy atom. The Bertz CT molecular complexity index is 522. The number of aromatic nitrogens is 4. The van der Waals surface area contributed by atoms with Gasteiger partial charge in [-0.2, -0.15) is 0 Å². The summed E-state index contributed by atoms with van der Waals surface area (Å²) >= 11 is 1.45. The van der Waals surface area contributed by atoms with E-state index in [0.717, 1.165) is 44.3 Å². The number of hydrogen-bond donors (Lipinski definition) is 0. The molecule has 3 heterocycles. The van der Waals surface area contributed by atoms with Crippen molar-refractivity contribution in [1.29, 1.82) is 0 Å². The molecular weight excluding hydrogens is 314 g/mol. The van der Waals surface area contributed by atoms with Gasteiger partial charge in [0.1, 0.15) is 0 Å². The molecule has 2 atom stereocenters. The molecular formula is C15H25N5O2S. The SMILES string of the molecule is C[C@@H]1C[C@H](C)CN(C(=O)CSc2nnnn2C2CCOCC2)C1. The van der Waals surface area contributed by atoms with Crippen molar-refractivity contribution in [2.75, 3.05) is 32.1 Å². The van der Waals surface area contributed by atoms with Gasteiger partial charge in [0.05, 0.1) is 11.8 Å². The molecule has 2 fully saturated rings. The van der Waals surface area contributed by atoms with Gasteiger partial charge in [-0.05, 0) is 41.5 Å². The molecule has 2 aliphatic rings. The standard InChI is InChI=1S/C15H25N5O2S/c1-11-7-12(2)9-19(8-11)14(21)10-23-15-16-17-18-20(15)13-3-5-22-6-4-13/h11-13H,3-10H2,1-2H3/t11-,12+. The number of thioether (sulfide) groups is 1. The second-order valence-corrected chi connectivity index (χ2v) is 7.73. The Kier molecular flexibility index (Phi) is 5.53. The third-order valence-electron chi connectivity index (χ3n) is 4.55. The summed E-state index contributed by atoms with van der Waals surface area (Å²) in [5.74, 6) is 1.76. The summed E-state index contributed by atoms with van der Waals surface area (Å²) in [5.41, 5.74) is 0. The predicted octanol–water partition coefficient (Wildman–Crippen LogP) is 1.62. The highest BCUT2D eigenvalue weighted by molar-refractivity contribution is 7.99. The van der Waals surface area contributed by atoms with Gasteiger partial charge >= 0.3 is 0 Å². The lowest BCUT2D eigenvalue weighted by Gasteiger charge is -2.35. The molecule has 1 amide bonds. The van der Waals surface area contributed by atoms with Crippen molar-refractivity contribution < 1.29 is 9.53 Å². The van der Waals surface area contributed by atoms with E-state index in [4.69, 9.17) is 4.74 Å². The molecule has 0 unspecified atom stereocenters. The average molecular weight is 339 g/mol. The van der Waals surface area contributed by atoms with Gasteiger partial charge in [0, 0.05) is 26.3 Å². The van der Waals surface area contributed by atoms with Crippen molar-refractivity contribution >= 4 is 17.7 Å². The molecule has 0 saturated carbocycles. The third kappa shape index (κ3) is 4.23. The van der Waals surface area contributed by atoms with Crippen LogP contribution in [-0.4, -0.2) is 63.1 Å². The molecule has 0 aliphatic carbocycles. The lowest BCUT2D eigenvalue weighted by molar-refractivity contribution is -0.130. The van der Waals surface area contributed by atoms with E-state index in [1.54, 1.807) is 0 Å². The second-order valence-electron chi connectivity index (χ2n) is 6.78. The number of carbonyl (C=O) groups is 1. The van der Waals surface area contributed by atoms with Crippen LogP contribution in [0.4, 0.5) is 0 Å². The lowest BCUT2D eigenvalue weighted by Crippen LogP contribution is -2.43.